The lowest BCUT2D eigenvalue weighted by atomic mass is 10.1. The van der Waals surface area contributed by atoms with Crippen LogP contribution in [0.15, 0.2) is 0 Å². The zero-order chi connectivity index (χ0) is 49.4. The molecule has 376 valence electrons. The minimum atomic E-state index is -5.68. The zero-order valence-corrected chi connectivity index (χ0v) is 47.0. The monoisotopic (exact) mass is 919 g/mol. The van der Waals surface area contributed by atoms with Crippen LogP contribution in [0, 0.1) is 71.0 Å². The zero-order valence-electron chi connectivity index (χ0n) is 45.2. The van der Waals surface area contributed by atoms with Crippen LogP contribution >= 0.6 is 15.6 Å². The van der Waals surface area contributed by atoms with Crippen molar-refractivity contribution in [3.8, 4) is 0 Å². The van der Waals surface area contributed by atoms with E-state index >= 15 is 0 Å². The summed E-state index contributed by atoms with van der Waals surface area (Å²) in [6, 6.07) is 0. The molecule has 61 heavy (non-hydrogen) atoms. The van der Waals surface area contributed by atoms with Crippen molar-refractivity contribution in [2.45, 2.75) is 166 Å². The summed E-state index contributed by atoms with van der Waals surface area (Å²) in [5, 5.41) is 0. The van der Waals surface area contributed by atoms with Crippen molar-refractivity contribution >= 4 is 15.6 Å². The molecule has 0 saturated heterocycles. The highest BCUT2D eigenvalue weighted by atomic mass is 31.3. The average Bonchev–Trinajstić information content (AvgIpc) is 2.92. The molecular formula is C48H112N4O7P2. The summed E-state index contributed by atoms with van der Waals surface area (Å²) in [6.45, 7) is 71.6. The summed E-state index contributed by atoms with van der Waals surface area (Å²) < 4.78 is 21.2. The number of rotatable bonds is 26. The van der Waals surface area contributed by atoms with E-state index in [0.717, 1.165) is 71.0 Å². The predicted molar refractivity (Wildman–Crippen MR) is 257 cm³/mol. The van der Waals surface area contributed by atoms with E-state index in [-0.39, 0.29) is 0 Å². The van der Waals surface area contributed by atoms with Crippen LogP contribution in [0.2, 0.25) is 0 Å². The second-order valence-corrected chi connectivity index (χ2v) is 25.6. The lowest BCUT2D eigenvalue weighted by molar-refractivity contribution is -0.909. The molecule has 0 aliphatic heterocycles. The number of quaternary nitrogens is 4. The molecular weight excluding hydrogens is 806 g/mol. The molecule has 13 heteroatoms. The molecule has 0 atom stereocenters. The van der Waals surface area contributed by atoms with Gasteiger partial charge in [0.1, 0.15) is 0 Å². The predicted octanol–water partition coefficient (Wildman–Crippen LogP) is 4.02. The Balaban J connectivity index is -0.000000215. The highest BCUT2D eigenvalue weighted by molar-refractivity contribution is 7.57. The average molecular weight is 919 g/mol. The lowest BCUT2D eigenvalue weighted by Gasteiger charge is -2.39. The van der Waals surface area contributed by atoms with Crippen molar-refractivity contribution in [3.05, 3.63) is 0 Å². The SMILES string of the molecule is CC(C)C[NH+](CC(C)C)CC(C)C.CC(C)C[NH+](CC(C)C)CC(C)C.CC(C)C[NH+](CC(C)C)CC(C)C.CC(C)C[NH+](CC(C)C)CC(C)C.O=P([O-])([O-])OP(=O)([O-])[O-]. The van der Waals surface area contributed by atoms with Gasteiger partial charge in [-0.2, -0.15) is 0 Å². The fourth-order valence-corrected chi connectivity index (χ4v) is 9.03. The van der Waals surface area contributed by atoms with Crippen molar-refractivity contribution in [2.24, 2.45) is 71.0 Å². The van der Waals surface area contributed by atoms with Crippen LogP contribution in [0.5, 0.6) is 0 Å². The topological polar surface area (TPSA) is 153 Å². The molecule has 0 aliphatic carbocycles. The van der Waals surface area contributed by atoms with Crippen molar-refractivity contribution < 1.29 is 52.6 Å². The van der Waals surface area contributed by atoms with Gasteiger partial charge < -0.3 is 52.6 Å². The van der Waals surface area contributed by atoms with Crippen molar-refractivity contribution in [1.29, 1.82) is 0 Å². The summed E-state index contributed by atoms with van der Waals surface area (Å²) in [4.78, 5) is 44.4. The van der Waals surface area contributed by atoms with Crippen LogP contribution in [-0.4, -0.2) is 78.5 Å². The van der Waals surface area contributed by atoms with E-state index in [1.807, 2.05) is 0 Å². The van der Waals surface area contributed by atoms with Gasteiger partial charge >= 0.3 is 0 Å². The first-order valence-corrected chi connectivity index (χ1v) is 27.4. The van der Waals surface area contributed by atoms with Gasteiger partial charge in [-0.1, -0.05) is 166 Å². The summed E-state index contributed by atoms with van der Waals surface area (Å²) in [5.74, 6) is 9.92. The highest BCUT2D eigenvalue weighted by Gasteiger charge is 2.17. The van der Waals surface area contributed by atoms with Gasteiger partial charge in [-0.15, -0.1) is 0 Å². The Hall–Kier alpha value is 0.100. The van der Waals surface area contributed by atoms with E-state index in [2.05, 4.69) is 170 Å². The third kappa shape index (κ3) is 69.3. The normalized spacial score (nSPS) is 12.7. The van der Waals surface area contributed by atoms with Crippen LogP contribution in [-0.2, 0) is 13.4 Å². The minimum absolute atomic E-state index is 0.826. The molecule has 0 aromatic rings. The Bertz CT molecular complexity index is 808. The molecule has 0 radical (unpaired) electrons. The van der Waals surface area contributed by atoms with Crippen LogP contribution in [0.4, 0.5) is 0 Å². The maximum atomic E-state index is 9.32. The van der Waals surface area contributed by atoms with E-state index < -0.39 is 15.6 Å². The number of hydrogen-bond donors (Lipinski definition) is 4. The summed E-state index contributed by atoms with van der Waals surface area (Å²) in [5.41, 5.74) is 0. The smallest absolute Gasteiger partial charge is 0.0794 e. The number of nitrogens with one attached hydrogen (secondary N) is 4. The van der Waals surface area contributed by atoms with Gasteiger partial charge in [0, 0.05) is 71.0 Å². The molecule has 0 heterocycles. The van der Waals surface area contributed by atoms with Crippen LogP contribution in [0.3, 0.4) is 0 Å². The molecule has 0 amide bonds. The Morgan fingerprint density at radius 3 is 0.377 bits per heavy atom. The largest absolute Gasteiger partial charge is 0.790 e. The Labute approximate surface area is 382 Å². The third-order valence-corrected chi connectivity index (χ3v) is 10.2. The van der Waals surface area contributed by atoms with Gasteiger partial charge in [0.2, 0.25) is 0 Å². The molecule has 0 unspecified atom stereocenters. The maximum Gasteiger partial charge on any atom is 0.0794 e. The molecule has 0 rings (SSSR count). The first-order valence-electron chi connectivity index (χ1n) is 24.5. The number of phosphoric acid groups is 2. The quantitative estimate of drug-likeness (QED) is 0.0958. The minimum Gasteiger partial charge on any atom is -0.790 e. The third-order valence-electron chi connectivity index (χ3n) is 8.56. The molecule has 0 spiro atoms. The first kappa shape index (κ1) is 70.1. The first-order chi connectivity index (χ1) is 27.4. The fourth-order valence-electron chi connectivity index (χ4n) is 8.05. The molecule has 0 aliphatic rings. The van der Waals surface area contributed by atoms with Crippen molar-refractivity contribution in [2.75, 3.05) is 78.5 Å². The van der Waals surface area contributed by atoms with Crippen LogP contribution in [0.25, 0.3) is 0 Å². The van der Waals surface area contributed by atoms with Gasteiger partial charge in [0.15, 0.2) is 0 Å². The van der Waals surface area contributed by atoms with Gasteiger partial charge in [-0.25, -0.2) is 0 Å². The van der Waals surface area contributed by atoms with E-state index in [1.54, 1.807) is 19.6 Å². The molecule has 11 nitrogen and oxygen atoms in total. The van der Waals surface area contributed by atoms with E-state index in [1.165, 1.54) is 78.5 Å². The Morgan fingerprint density at radius 2 is 0.344 bits per heavy atom. The van der Waals surface area contributed by atoms with Crippen LogP contribution < -0.4 is 39.2 Å². The van der Waals surface area contributed by atoms with Gasteiger partial charge in [-0.05, 0) is 0 Å². The standard InChI is InChI=1S/4C12H27N.H4O7P2/c4*1-10(2)7-13(8-11(3)4)9-12(5)6;1-8(2,3)7-9(4,5)6/h4*10-12H,7-9H2,1-6H3;(H2,1,2,3)(H2,4,5,6). The highest BCUT2D eigenvalue weighted by Crippen LogP contribution is 2.42. The summed E-state index contributed by atoms with van der Waals surface area (Å²) >= 11 is 0. The Morgan fingerprint density at radius 1 is 0.262 bits per heavy atom. The van der Waals surface area contributed by atoms with Crippen molar-refractivity contribution in [3.63, 3.8) is 0 Å². The molecule has 0 saturated carbocycles. The maximum absolute atomic E-state index is 9.32. The van der Waals surface area contributed by atoms with Gasteiger partial charge in [0.05, 0.1) is 94.2 Å². The molecule has 0 fully saturated rings. The van der Waals surface area contributed by atoms with Crippen LogP contribution in [0.1, 0.15) is 166 Å². The lowest BCUT2D eigenvalue weighted by Crippen LogP contribution is -3.13. The summed E-state index contributed by atoms with van der Waals surface area (Å²) in [7, 11) is -11.4. The Kier molecular flexibility index (Phi) is 45.2. The van der Waals surface area contributed by atoms with E-state index in [0.29, 0.717) is 0 Å². The molecule has 0 aromatic carbocycles. The number of hydrogen-bond acceptors (Lipinski definition) is 7. The fraction of sp³-hybridized carbons (Fsp3) is 1.00. The van der Waals surface area contributed by atoms with E-state index in [9.17, 15) is 28.7 Å². The molecule has 0 aromatic heterocycles. The molecule has 0 bridgehead atoms. The summed E-state index contributed by atoms with van der Waals surface area (Å²) in [6.07, 6.45) is 0. The molecule has 4 N–H and O–H groups in total. The second-order valence-electron chi connectivity index (χ2n) is 23.2. The van der Waals surface area contributed by atoms with Crippen molar-refractivity contribution in [1.82, 2.24) is 0 Å². The second kappa shape index (κ2) is 39.3. The van der Waals surface area contributed by atoms with E-state index in [4.69, 9.17) is 0 Å². The van der Waals surface area contributed by atoms with Gasteiger partial charge in [0.25, 0.3) is 0 Å². The van der Waals surface area contributed by atoms with Gasteiger partial charge in [-0.3, -0.25) is 0 Å².